The number of anilines is 1. The van der Waals surface area contributed by atoms with Crippen LogP contribution < -0.4 is 4.72 Å². The summed E-state index contributed by atoms with van der Waals surface area (Å²) in [6.45, 7) is 2.49. The first-order valence-corrected chi connectivity index (χ1v) is 13.2. The molecule has 0 bridgehead atoms. The fourth-order valence-electron chi connectivity index (χ4n) is 4.82. The van der Waals surface area contributed by atoms with Gasteiger partial charge in [-0.15, -0.1) is 0 Å². The highest BCUT2D eigenvalue weighted by Crippen LogP contribution is 2.32. The lowest BCUT2D eigenvalue weighted by molar-refractivity contribution is -0.137. The molecule has 10 heteroatoms. The number of hydrogen-bond acceptors (Lipinski definition) is 4. The Balaban J connectivity index is 1.30. The van der Waals surface area contributed by atoms with E-state index >= 15 is 0 Å². The van der Waals surface area contributed by atoms with Crippen molar-refractivity contribution in [2.24, 2.45) is 0 Å². The van der Waals surface area contributed by atoms with Crippen LogP contribution in [0.1, 0.15) is 41.9 Å². The summed E-state index contributed by atoms with van der Waals surface area (Å²) in [6.07, 6.45) is -0.723. The summed E-state index contributed by atoms with van der Waals surface area (Å²) >= 11 is 0. The summed E-state index contributed by atoms with van der Waals surface area (Å²) in [5.41, 5.74) is 1.69. The summed E-state index contributed by atoms with van der Waals surface area (Å²) in [5.74, 6) is 0.387. The molecule has 1 atom stereocenters. The summed E-state index contributed by atoms with van der Waals surface area (Å²) in [5, 5.41) is 0. The van der Waals surface area contributed by atoms with E-state index in [9.17, 15) is 26.4 Å². The molecule has 0 aliphatic carbocycles. The second kappa shape index (κ2) is 9.58. The predicted octanol–water partition coefficient (Wildman–Crippen LogP) is 4.06. The van der Waals surface area contributed by atoms with Crippen LogP contribution in [0, 0.1) is 0 Å². The van der Waals surface area contributed by atoms with E-state index in [-0.39, 0.29) is 11.9 Å². The quantitative estimate of drug-likeness (QED) is 0.656. The smallest absolute Gasteiger partial charge is 0.337 e. The minimum Gasteiger partial charge on any atom is -0.337 e. The van der Waals surface area contributed by atoms with Gasteiger partial charge in [-0.05, 0) is 73.7 Å². The molecule has 1 amide bonds. The Hall–Kier alpha value is -2.59. The molecule has 2 fully saturated rings. The molecule has 1 N–H and O–H groups in total. The van der Waals surface area contributed by atoms with E-state index < -0.39 is 21.8 Å². The second-order valence-electron chi connectivity index (χ2n) is 9.07. The molecule has 2 aromatic rings. The lowest BCUT2D eigenvalue weighted by Crippen LogP contribution is -2.45. The Kier molecular flexibility index (Phi) is 6.91. The normalized spacial score (nSPS) is 20.6. The largest absolute Gasteiger partial charge is 0.416 e. The van der Waals surface area contributed by atoms with Crippen LogP contribution >= 0.6 is 0 Å². The van der Waals surface area contributed by atoms with Crippen molar-refractivity contribution in [2.45, 2.75) is 43.9 Å². The van der Waals surface area contributed by atoms with E-state index in [1.54, 1.807) is 17.0 Å². The number of nitrogens with zero attached hydrogens (tertiary/aromatic N) is 2. The molecule has 6 nitrogen and oxygen atoms in total. The number of halogens is 3. The van der Waals surface area contributed by atoms with Gasteiger partial charge in [0.1, 0.15) is 0 Å². The molecule has 4 rings (SSSR count). The third-order valence-electron chi connectivity index (χ3n) is 6.58. The van der Waals surface area contributed by atoms with E-state index in [2.05, 4.69) is 9.62 Å². The second-order valence-corrected chi connectivity index (χ2v) is 10.8. The summed E-state index contributed by atoms with van der Waals surface area (Å²) in [6, 6.07) is 12.2. The maximum absolute atomic E-state index is 13.0. The summed E-state index contributed by atoms with van der Waals surface area (Å²) in [7, 11) is -3.31. The molecule has 2 aromatic carbocycles. The molecule has 2 heterocycles. The predicted molar refractivity (Wildman–Crippen MR) is 124 cm³/mol. The van der Waals surface area contributed by atoms with Crippen molar-refractivity contribution >= 4 is 21.6 Å². The Morgan fingerprint density at radius 1 is 0.941 bits per heavy atom. The van der Waals surface area contributed by atoms with Gasteiger partial charge in [0.15, 0.2) is 0 Å². The standard InChI is InChI=1S/C24H28F3N3O3S/c1-34(32,33)28-21-8-4-18(5-9-21)19-10-13-29(14-11-19)22-12-15-30(23(22)31)16-17-2-6-20(7-3-17)24(25,26)27/h2-9,19,22,28H,10-16H2,1H3/t22-/m1/s1. The lowest BCUT2D eigenvalue weighted by atomic mass is 9.88. The molecule has 0 unspecified atom stereocenters. The van der Waals surface area contributed by atoms with Crippen molar-refractivity contribution in [3.8, 4) is 0 Å². The summed E-state index contributed by atoms with van der Waals surface area (Å²) in [4.78, 5) is 16.9. The minimum absolute atomic E-state index is 0.0366. The van der Waals surface area contributed by atoms with Gasteiger partial charge >= 0.3 is 6.18 Å². The number of carbonyl (C=O) groups is 1. The number of carbonyl (C=O) groups excluding carboxylic acids is 1. The molecule has 2 saturated heterocycles. The van der Waals surface area contributed by atoms with Crippen LogP contribution in [-0.4, -0.2) is 56.1 Å². The molecule has 0 radical (unpaired) electrons. The van der Waals surface area contributed by atoms with Gasteiger partial charge in [0.2, 0.25) is 15.9 Å². The molecule has 34 heavy (non-hydrogen) atoms. The zero-order valence-corrected chi connectivity index (χ0v) is 19.7. The van der Waals surface area contributed by atoms with E-state index in [0.29, 0.717) is 30.3 Å². The highest BCUT2D eigenvalue weighted by atomic mass is 32.2. The molecule has 184 valence electrons. The van der Waals surface area contributed by atoms with Crippen LogP contribution in [-0.2, 0) is 27.5 Å². The van der Waals surface area contributed by atoms with Gasteiger partial charge in [0.05, 0.1) is 17.9 Å². The van der Waals surface area contributed by atoms with E-state index in [4.69, 9.17) is 0 Å². The topological polar surface area (TPSA) is 69.7 Å². The number of sulfonamides is 1. The number of alkyl halides is 3. The van der Waals surface area contributed by atoms with Gasteiger partial charge in [-0.1, -0.05) is 24.3 Å². The first-order valence-electron chi connectivity index (χ1n) is 11.3. The highest BCUT2D eigenvalue weighted by molar-refractivity contribution is 7.92. The number of rotatable bonds is 6. The number of benzene rings is 2. The molecule has 2 aliphatic heterocycles. The van der Waals surface area contributed by atoms with Crippen LogP contribution in [0.25, 0.3) is 0 Å². The number of nitrogens with one attached hydrogen (secondary N) is 1. The zero-order chi connectivity index (χ0) is 24.5. The SMILES string of the molecule is CS(=O)(=O)Nc1ccc(C2CCN([C@@H]3CCN(Cc4ccc(C(F)(F)F)cc4)C3=O)CC2)cc1. The Bertz CT molecular complexity index is 1110. The first kappa shape index (κ1) is 24.5. The van der Waals surface area contributed by atoms with Crippen LogP contribution in [0.4, 0.5) is 18.9 Å². The Labute approximate surface area is 197 Å². The van der Waals surface area contributed by atoms with Gasteiger partial charge in [-0.3, -0.25) is 14.4 Å². The number of hydrogen-bond donors (Lipinski definition) is 1. The molecule has 0 spiro atoms. The van der Waals surface area contributed by atoms with Gasteiger partial charge in [-0.2, -0.15) is 13.2 Å². The number of amides is 1. The van der Waals surface area contributed by atoms with Crippen molar-refractivity contribution in [3.63, 3.8) is 0 Å². The average molecular weight is 496 g/mol. The van der Waals surface area contributed by atoms with Gasteiger partial charge in [0, 0.05) is 18.8 Å². The molecule has 2 aliphatic rings. The molecule has 0 saturated carbocycles. The van der Waals surface area contributed by atoms with E-state index in [0.717, 1.165) is 56.3 Å². The van der Waals surface area contributed by atoms with Crippen molar-refractivity contribution in [2.75, 3.05) is 30.6 Å². The third kappa shape index (κ3) is 5.90. The monoisotopic (exact) mass is 495 g/mol. The number of piperidine rings is 1. The maximum atomic E-state index is 13.0. The van der Waals surface area contributed by atoms with Crippen LogP contribution in [0.5, 0.6) is 0 Å². The van der Waals surface area contributed by atoms with Gasteiger partial charge in [-0.25, -0.2) is 8.42 Å². The summed E-state index contributed by atoms with van der Waals surface area (Å²) < 4.78 is 63.5. The highest BCUT2D eigenvalue weighted by Gasteiger charge is 2.37. The first-order chi connectivity index (χ1) is 16.0. The van der Waals surface area contributed by atoms with Crippen molar-refractivity contribution in [1.29, 1.82) is 0 Å². The Morgan fingerprint density at radius 2 is 1.56 bits per heavy atom. The molecular formula is C24H28F3N3O3S. The fourth-order valence-corrected chi connectivity index (χ4v) is 5.38. The van der Waals surface area contributed by atoms with Crippen molar-refractivity contribution in [1.82, 2.24) is 9.80 Å². The number of likely N-dealkylation sites (tertiary alicyclic amines) is 2. The maximum Gasteiger partial charge on any atom is 0.416 e. The van der Waals surface area contributed by atoms with Gasteiger partial charge in [0.25, 0.3) is 0 Å². The van der Waals surface area contributed by atoms with Crippen LogP contribution in [0.15, 0.2) is 48.5 Å². The molecular weight excluding hydrogens is 467 g/mol. The third-order valence-corrected chi connectivity index (χ3v) is 7.19. The van der Waals surface area contributed by atoms with E-state index in [1.807, 2.05) is 12.1 Å². The van der Waals surface area contributed by atoms with Crippen LogP contribution in [0.2, 0.25) is 0 Å². The van der Waals surface area contributed by atoms with Crippen LogP contribution in [0.3, 0.4) is 0 Å². The molecule has 0 aromatic heterocycles. The fraction of sp³-hybridized carbons (Fsp3) is 0.458. The zero-order valence-electron chi connectivity index (χ0n) is 18.9. The average Bonchev–Trinajstić information content (AvgIpc) is 3.13. The van der Waals surface area contributed by atoms with Crippen molar-refractivity contribution in [3.05, 3.63) is 65.2 Å². The van der Waals surface area contributed by atoms with Crippen molar-refractivity contribution < 1.29 is 26.4 Å². The minimum atomic E-state index is -4.37. The lowest BCUT2D eigenvalue weighted by Gasteiger charge is -2.35. The van der Waals surface area contributed by atoms with Gasteiger partial charge < -0.3 is 4.90 Å². The Morgan fingerprint density at radius 3 is 2.12 bits per heavy atom. The van der Waals surface area contributed by atoms with E-state index in [1.165, 1.54) is 12.1 Å².